The van der Waals surface area contributed by atoms with Gasteiger partial charge in [0.05, 0.1) is 18.5 Å². The molecule has 136 valence electrons. The van der Waals surface area contributed by atoms with Gasteiger partial charge in [0.1, 0.15) is 5.69 Å². The summed E-state index contributed by atoms with van der Waals surface area (Å²) in [6.07, 6.45) is 6.41. The molecule has 2 aromatic heterocycles. The smallest absolute Gasteiger partial charge is 0.268 e. The van der Waals surface area contributed by atoms with Crippen molar-refractivity contribution in [1.29, 1.82) is 0 Å². The number of imidazole rings is 1. The van der Waals surface area contributed by atoms with Gasteiger partial charge in [0.2, 0.25) is 0 Å². The summed E-state index contributed by atoms with van der Waals surface area (Å²) >= 11 is 0. The van der Waals surface area contributed by atoms with Crippen LogP contribution in [0.4, 0.5) is 0 Å². The second-order valence-electron chi connectivity index (χ2n) is 7.47. The summed E-state index contributed by atoms with van der Waals surface area (Å²) in [6, 6.07) is 5.83. The molecule has 26 heavy (non-hydrogen) atoms. The van der Waals surface area contributed by atoms with Gasteiger partial charge in [-0.2, -0.15) is 0 Å². The summed E-state index contributed by atoms with van der Waals surface area (Å²) in [5, 5.41) is 14.4. The van der Waals surface area contributed by atoms with E-state index in [9.17, 15) is 9.90 Å². The third-order valence-corrected chi connectivity index (χ3v) is 5.31. The van der Waals surface area contributed by atoms with Crippen LogP contribution < -0.4 is 5.32 Å². The standard InChI is InChI=1S/C20H24N4O2/c1-12-5-13(2)15-9-18(22-16(15)6-12)20(26)23-17-7-14(8-19(17)25)10-24-4-3-21-11-24/h3-6,9,11,14,17,19,22,25H,7-8,10H2,1-2H3,(H,23,26)/t14?,17-,19-/m1/s1. The van der Waals surface area contributed by atoms with E-state index in [1.54, 1.807) is 12.5 Å². The number of aryl methyl sites for hydroxylation is 2. The number of aliphatic hydroxyl groups is 1. The van der Waals surface area contributed by atoms with E-state index < -0.39 is 6.10 Å². The number of amides is 1. The first kappa shape index (κ1) is 16.8. The molecular weight excluding hydrogens is 328 g/mol. The van der Waals surface area contributed by atoms with Gasteiger partial charge in [0, 0.05) is 29.8 Å². The van der Waals surface area contributed by atoms with Crippen molar-refractivity contribution >= 4 is 16.8 Å². The monoisotopic (exact) mass is 352 g/mol. The Morgan fingerprint density at radius 1 is 1.35 bits per heavy atom. The number of nitrogens with one attached hydrogen (secondary N) is 2. The Balaban J connectivity index is 1.45. The Morgan fingerprint density at radius 2 is 2.19 bits per heavy atom. The van der Waals surface area contributed by atoms with Crippen LogP contribution in [0.3, 0.4) is 0 Å². The van der Waals surface area contributed by atoms with Gasteiger partial charge in [-0.15, -0.1) is 0 Å². The quantitative estimate of drug-likeness (QED) is 0.675. The highest BCUT2D eigenvalue weighted by Gasteiger charge is 2.34. The van der Waals surface area contributed by atoms with Crippen LogP contribution in [-0.4, -0.2) is 37.7 Å². The van der Waals surface area contributed by atoms with Crippen LogP contribution in [0.2, 0.25) is 0 Å². The Labute approximate surface area is 152 Å². The normalized spacial score (nSPS) is 22.8. The number of aromatic nitrogens is 3. The Kier molecular flexibility index (Phi) is 4.28. The number of rotatable bonds is 4. The number of aromatic amines is 1. The van der Waals surface area contributed by atoms with Gasteiger partial charge in [0.15, 0.2) is 0 Å². The highest BCUT2D eigenvalue weighted by atomic mass is 16.3. The SMILES string of the molecule is Cc1cc(C)c2cc(C(=O)N[C@@H]3CC(Cn4ccnc4)C[C@H]3O)[nH]c2c1. The van der Waals surface area contributed by atoms with Gasteiger partial charge in [-0.1, -0.05) is 6.07 Å². The Morgan fingerprint density at radius 3 is 2.96 bits per heavy atom. The largest absolute Gasteiger partial charge is 0.391 e. The number of fused-ring (bicyclic) bond motifs is 1. The average Bonchev–Trinajstić information content (AvgIpc) is 3.29. The number of carbonyl (C=O) groups is 1. The van der Waals surface area contributed by atoms with Gasteiger partial charge in [-0.25, -0.2) is 4.98 Å². The van der Waals surface area contributed by atoms with E-state index in [0.29, 0.717) is 18.0 Å². The summed E-state index contributed by atoms with van der Waals surface area (Å²) in [4.78, 5) is 19.9. The third kappa shape index (κ3) is 3.24. The van der Waals surface area contributed by atoms with Gasteiger partial charge in [-0.3, -0.25) is 4.79 Å². The number of aliphatic hydroxyl groups excluding tert-OH is 1. The molecule has 3 aromatic rings. The van der Waals surface area contributed by atoms with Gasteiger partial charge >= 0.3 is 0 Å². The predicted octanol–water partition coefficient (Wildman–Crippen LogP) is 2.55. The van der Waals surface area contributed by atoms with Crippen molar-refractivity contribution in [3.05, 3.63) is 53.7 Å². The zero-order chi connectivity index (χ0) is 18.3. The summed E-state index contributed by atoms with van der Waals surface area (Å²) < 4.78 is 2.02. The van der Waals surface area contributed by atoms with Crippen LogP contribution in [0.1, 0.15) is 34.5 Å². The molecule has 1 aliphatic rings. The Bertz CT molecular complexity index is 929. The zero-order valence-corrected chi connectivity index (χ0v) is 15.1. The first-order chi connectivity index (χ1) is 12.5. The summed E-state index contributed by atoms with van der Waals surface area (Å²) in [7, 11) is 0. The highest BCUT2D eigenvalue weighted by Crippen LogP contribution is 2.28. The highest BCUT2D eigenvalue weighted by molar-refractivity contribution is 5.99. The number of nitrogens with zero attached hydrogens (tertiary/aromatic N) is 2. The molecular formula is C20H24N4O2. The molecule has 0 radical (unpaired) electrons. The maximum atomic E-state index is 12.7. The number of benzene rings is 1. The van der Waals surface area contributed by atoms with Crippen molar-refractivity contribution in [3.63, 3.8) is 0 Å². The van der Waals surface area contributed by atoms with Crippen molar-refractivity contribution in [2.45, 2.75) is 45.4 Å². The van der Waals surface area contributed by atoms with Crippen molar-refractivity contribution in [2.75, 3.05) is 0 Å². The molecule has 1 aliphatic carbocycles. The van der Waals surface area contributed by atoms with Crippen LogP contribution in [-0.2, 0) is 6.54 Å². The van der Waals surface area contributed by atoms with E-state index in [4.69, 9.17) is 0 Å². The fraction of sp³-hybridized carbons (Fsp3) is 0.400. The third-order valence-electron chi connectivity index (χ3n) is 5.31. The van der Waals surface area contributed by atoms with E-state index in [1.807, 2.05) is 36.7 Å². The lowest BCUT2D eigenvalue weighted by molar-refractivity contribution is 0.0869. The molecule has 0 bridgehead atoms. The molecule has 6 heteroatoms. The van der Waals surface area contributed by atoms with E-state index in [2.05, 4.69) is 21.4 Å². The van der Waals surface area contributed by atoms with Crippen LogP contribution in [0.25, 0.3) is 10.9 Å². The lowest BCUT2D eigenvalue weighted by Crippen LogP contribution is -2.40. The van der Waals surface area contributed by atoms with E-state index in [1.165, 1.54) is 0 Å². The first-order valence-corrected chi connectivity index (χ1v) is 9.04. The van der Waals surface area contributed by atoms with Crippen molar-refractivity contribution in [3.8, 4) is 0 Å². The molecule has 6 nitrogen and oxygen atoms in total. The maximum absolute atomic E-state index is 12.7. The van der Waals surface area contributed by atoms with E-state index in [0.717, 1.165) is 35.0 Å². The molecule has 1 fully saturated rings. The van der Waals surface area contributed by atoms with E-state index >= 15 is 0 Å². The number of hydrogen-bond donors (Lipinski definition) is 3. The predicted molar refractivity (Wildman–Crippen MR) is 100.0 cm³/mol. The van der Waals surface area contributed by atoms with Gasteiger partial charge in [0.25, 0.3) is 5.91 Å². The van der Waals surface area contributed by atoms with Crippen LogP contribution in [0.15, 0.2) is 36.9 Å². The fourth-order valence-corrected chi connectivity index (χ4v) is 4.08. The summed E-state index contributed by atoms with van der Waals surface area (Å²) in [5.41, 5.74) is 3.82. The lowest BCUT2D eigenvalue weighted by atomic mass is 10.1. The van der Waals surface area contributed by atoms with Crippen LogP contribution in [0, 0.1) is 19.8 Å². The molecule has 1 amide bonds. The molecule has 0 aliphatic heterocycles. The maximum Gasteiger partial charge on any atom is 0.268 e. The second-order valence-corrected chi connectivity index (χ2v) is 7.47. The number of H-pyrrole nitrogens is 1. The van der Waals surface area contributed by atoms with Crippen molar-refractivity contribution in [2.24, 2.45) is 5.92 Å². The second kappa shape index (κ2) is 6.61. The first-order valence-electron chi connectivity index (χ1n) is 9.04. The molecule has 3 N–H and O–H groups in total. The zero-order valence-electron chi connectivity index (χ0n) is 15.1. The number of carbonyl (C=O) groups excluding carboxylic acids is 1. The van der Waals surface area contributed by atoms with E-state index in [-0.39, 0.29) is 11.9 Å². The Hall–Kier alpha value is -2.60. The minimum atomic E-state index is -0.513. The lowest BCUT2D eigenvalue weighted by Gasteiger charge is -2.15. The molecule has 0 spiro atoms. The number of hydrogen-bond acceptors (Lipinski definition) is 3. The van der Waals surface area contributed by atoms with Crippen LogP contribution >= 0.6 is 0 Å². The molecule has 4 rings (SSSR count). The molecule has 3 atom stereocenters. The van der Waals surface area contributed by atoms with Gasteiger partial charge in [-0.05, 0) is 55.9 Å². The minimum absolute atomic E-state index is 0.161. The fourth-order valence-electron chi connectivity index (χ4n) is 4.08. The van der Waals surface area contributed by atoms with Gasteiger partial charge < -0.3 is 20.0 Å². The van der Waals surface area contributed by atoms with Crippen LogP contribution in [0.5, 0.6) is 0 Å². The summed E-state index contributed by atoms with van der Waals surface area (Å²) in [5.74, 6) is 0.169. The molecule has 1 aromatic carbocycles. The molecule has 1 unspecified atom stereocenters. The van der Waals surface area contributed by atoms with Crippen molar-refractivity contribution < 1.29 is 9.90 Å². The molecule has 0 saturated heterocycles. The minimum Gasteiger partial charge on any atom is -0.391 e. The topological polar surface area (TPSA) is 82.9 Å². The average molecular weight is 352 g/mol. The summed E-state index contributed by atoms with van der Waals surface area (Å²) in [6.45, 7) is 4.91. The van der Waals surface area contributed by atoms with Crippen molar-refractivity contribution in [1.82, 2.24) is 19.9 Å². The molecule has 1 saturated carbocycles. The molecule has 2 heterocycles.